The number of carbonyl (C=O) groups is 2. The Kier molecular flexibility index (Phi) is 5.53. The number of carbonyl (C=O) groups excluding carboxylic acids is 2. The number of benzene rings is 3. The Morgan fingerprint density at radius 3 is 2.07 bits per heavy atom. The summed E-state index contributed by atoms with van der Waals surface area (Å²) in [5, 5.41) is 13.8. The molecule has 5 nitrogen and oxygen atoms in total. The molecule has 3 aromatic carbocycles. The van der Waals surface area contributed by atoms with Crippen LogP contribution in [-0.2, 0) is 9.53 Å². The lowest BCUT2D eigenvalue weighted by Crippen LogP contribution is -2.35. The summed E-state index contributed by atoms with van der Waals surface area (Å²) in [6.45, 7) is 2.11. The highest BCUT2D eigenvalue weighted by Gasteiger charge is 2.29. The van der Waals surface area contributed by atoms with Gasteiger partial charge in [-0.3, -0.25) is 0 Å². The summed E-state index contributed by atoms with van der Waals surface area (Å²) in [5.41, 5.74) is 6.28. The molecule has 1 N–H and O–H groups in total. The van der Waals surface area contributed by atoms with E-state index in [1.165, 1.54) is 0 Å². The van der Waals surface area contributed by atoms with E-state index in [0.29, 0.717) is 5.56 Å². The van der Waals surface area contributed by atoms with Gasteiger partial charge >= 0.3 is 6.09 Å². The van der Waals surface area contributed by atoms with Crippen LogP contribution in [0, 0.1) is 6.92 Å². The van der Waals surface area contributed by atoms with Gasteiger partial charge in [0.05, 0.1) is 6.04 Å². The fraction of sp³-hybridized carbons (Fsp3) is 0.200. The SMILES string of the molecule is Cc1ccc([C@H](CC(=O)[O-])NC(=O)OCC2c3ccccc3-c3ccccc32)cc1. The van der Waals surface area contributed by atoms with Crippen molar-refractivity contribution in [1.29, 1.82) is 0 Å². The molecule has 4 rings (SSSR count). The second kappa shape index (κ2) is 8.41. The largest absolute Gasteiger partial charge is 0.550 e. The minimum absolute atomic E-state index is 0.0536. The molecule has 3 aromatic rings. The van der Waals surface area contributed by atoms with E-state index in [4.69, 9.17) is 4.74 Å². The average Bonchev–Trinajstić information content (AvgIpc) is 3.06. The van der Waals surface area contributed by atoms with Gasteiger partial charge in [-0.25, -0.2) is 4.79 Å². The molecule has 1 atom stereocenters. The normalized spacial score (nSPS) is 13.2. The summed E-state index contributed by atoms with van der Waals surface area (Å²) >= 11 is 0. The zero-order valence-electron chi connectivity index (χ0n) is 16.6. The molecule has 0 saturated heterocycles. The predicted octanol–water partition coefficient (Wildman–Crippen LogP) is 3.71. The molecular formula is C25H22NO4-. The molecule has 0 spiro atoms. The number of amides is 1. The van der Waals surface area contributed by atoms with E-state index in [0.717, 1.165) is 27.8 Å². The molecule has 0 aromatic heterocycles. The van der Waals surface area contributed by atoms with Crippen LogP contribution in [0.2, 0.25) is 0 Å². The lowest BCUT2D eigenvalue weighted by Gasteiger charge is -2.21. The molecule has 0 unspecified atom stereocenters. The van der Waals surface area contributed by atoms with E-state index in [2.05, 4.69) is 17.4 Å². The number of aliphatic carboxylic acids is 1. The monoisotopic (exact) mass is 400 g/mol. The maximum atomic E-state index is 12.5. The van der Waals surface area contributed by atoms with Crippen LogP contribution >= 0.6 is 0 Å². The quantitative estimate of drug-likeness (QED) is 0.684. The molecule has 0 heterocycles. The first-order valence-electron chi connectivity index (χ1n) is 9.91. The topological polar surface area (TPSA) is 78.5 Å². The van der Waals surface area contributed by atoms with Gasteiger partial charge in [-0.05, 0) is 34.7 Å². The van der Waals surface area contributed by atoms with Crippen molar-refractivity contribution in [3.05, 3.63) is 95.1 Å². The Labute approximate surface area is 175 Å². The molecule has 0 aliphatic heterocycles. The number of fused-ring (bicyclic) bond motifs is 3. The first-order chi connectivity index (χ1) is 14.5. The number of ether oxygens (including phenoxy) is 1. The first-order valence-corrected chi connectivity index (χ1v) is 9.91. The smallest absolute Gasteiger partial charge is 0.407 e. The van der Waals surface area contributed by atoms with Crippen LogP contribution in [0.3, 0.4) is 0 Å². The number of carboxylic acid groups (broad SMARTS) is 1. The van der Waals surface area contributed by atoms with Crippen molar-refractivity contribution in [3.63, 3.8) is 0 Å². The van der Waals surface area contributed by atoms with E-state index in [1.807, 2.05) is 55.5 Å². The lowest BCUT2D eigenvalue weighted by atomic mass is 9.98. The summed E-state index contributed by atoms with van der Waals surface area (Å²) in [6.07, 6.45) is -0.975. The van der Waals surface area contributed by atoms with Gasteiger partial charge in [0, 0.05) is 18.3 Å². The molecule has 5 heteroatoms. The average molecular weight is 400 g/mol. The Bertz CT molecular complexity index is 1030. The van der Waals surface area contributed by atoms with Gasteiger partial charge in [0.25, 0.3) is 0 Å². The number of hydrogen-bond donors (Lipinski definition) is 1. The van der Waals surface area contributed by atoms with E-state index in [1.54, 1.807) is 12.1 Å². The molecule has 152 valence electrons. The molecular weight excluding hydrogens is 378 g/mol. The minimum atomic E-state index is -1.24. The first kappa shape index (κ1) is 19.7. The highest BCUT2D eigenvalue weighted by Crippen LogP contribution is 2.44. The zero-order chi connectivity index (χ0) is 21.1. The van der Waals surface area contributed by atoms with E-state index >= 15 is 0 Å². The lowest BCUT2D eigenvalue weighted by molar-refractivity contribution is -0.306. The van der Waals surface area contributed by atoms with Crippen LogP contribution in [0.25, 0.3) is 11.1 Å². The molecule has 0 saturated carbocycles. The van der Waals surface area contributed by atoms with Crippen molar-refractivity contribution in [2.45, 2.75) is 25.3 Å². The molecule has 1 amide bonds. The summed E-state index contributed by atoms with van der Waals surface area (Å²) in [7, 11) is 0. The Balaban J connectivity index is 1.47. The van der Waals surface area contributed by atoms with Crippen LogP contribution in [0.1, 0.15) is 40.6 Å². The van der Waals surface area contributed by atoms with Crippen molar-refractivity contribution in [3.8, 4) is 11.1 Å². The molecule has 1 aliphatic rings. The standard InChI is InChI=1S/C25H23NO4/c1-16-10-12-17(13-11-16)23(14-24(27)28)26-25(29)30-15-22-20-8-4-2-6-18(20)19-7-3-5-9-21(19)22/h2-13,22-23H,14-15H2,1H3,(H,26,29)(H,27,28)/p-1/t23-/m0/s1. The fourth-order valence-electron chi connectivity index (χ4n) is 4.00. The van der Waals surface area contributed by atoms with Crippen molar-refractivity contribution in [2.75, 3.05) is 6.61 Å². The summed E-state index contributed by atoms with van der Waals surface area (Å²) < 4.78 is 5.53. The van der Waals surface area contributed by atoms with Crippen molar-refractivity contribution >= 4 is 12.1 Å². The van der Waals surface area contributed by atoms with Crippen molar-refractivity contribution in [2.24, 2.45) is 0 Å². The van der Waals surface area contributed by atoms with Gasteiger partial charge < -0.3 is 20.0 Å². The Hall–Kier alpha value is -3.60. The number of nitrogens with one attached hydrogen (secondary N) is 1. The zero-order valence-corrected chi connectivity index (χ0v) is 16.6. The maximum Gasteiger partial charge on any atom is 0.407 e. The number of hydrogen-bond acceptors (Lipinski definition) is 4. The molecule has 1 aliphatic carbocycles. The van der Waals surface area contributed by atoms with Crippen molar-refractivity contribution < 1.29 is 19.4 Å². The highest BCUT2D eigenvalue weighted by atomic mass is 16.5. The van der Waals surface area contributed by atoms with Crippen LogP contribution < -0.4 is 10.4 Å². The third-order valence-corrected chi connectivity index (χ3v) is 5.49. The Morgan fingerprint density at radius 1 is 0.933 bits per heavy atom. The van der Waals surface area contributed by atoms with E-state index in [-0.39, 0.29) is 18.9 Å². The predicted molar refractivity (Wildman–Crippen MR) is 112 cm³/mol. The van der Waals surface area contributed by atoms with Gasteiger partial charge in [0.2, 0.25) is 0 Å². The van der Waals surface area contributed by atoms with Gasteiger partial charge in [-0.1, -0.05) is 78.4 Å². The maximum absolute atomic E-state index is 12.5. The fourth-order valence-corrected chi connectivity index (χ4v) is 4.00. The summed E-state index contributed by atoms with van der Waals surface area (Å²) in [5.74, 6) is -1.29. The third-order valence-electron chi connectivity index (χ3n) is 5.49. The van der Waals surface area contributed by atoms with Crippen LogP contribution in [0.4, 0.5) is 4.79 Å². The number of alkyl carbamates (subject to hydrolysis) is 1. The summed E-state index contributed by atoms with van der Waals surface area (Å²) in [4.78, 5) is 23.7. The summed E-state index contributed by atoms with van der Waals surface area (Å²) in [6, 6.07) is 22.8. The Morgan fingerprint density at radius 2 is 1.50 bits per heavy atom. The molecule has 0 bridgehead atoms. The number of aryl methyl sites for hydroxylation is 1. The van der Waals surface area contributed by atoms with Gasteiger partial charge in [-0.15, -0.1) is 0 Å². The number of carboxylic acids is 1. The highest BCUT2D eigenvalue weighted by molar-refractivity contribution is 5.79. The third kappa shape index (κ3) is 4.06. The van der Waals surface area contributed by atoms with Crippen LogP contribution in [0.15, 0.2) is 72.8 Å². The second-order valence-corrected chi connectivity index (χ2v) is 7.51. The second-order valence-electron chi connectivity index (χ2n) is 7.51. The van der Waals surface area contributed by atoms with Crippen molar-refractivity contribution in [1.82, 2.24) is 5.32 Å². The van der Waals surface area contributed by atoms with E-state index in [9.17, 15) is 14.7 Å². The van der Waals surface area contributed by atoms with Gasteiger partial charge in [-0.2, -0.15) is 0 Å². The molecule has 0 fully saturated rings. The minimum Gasteiger partial charge on any atom is -0.550 e. The molecule has 30 heavy (non-hydrogen) atoms. The van der Waals surface area contributed by atoms with Crippen LogP contribution in [0.5, 0.6) is 0 Å². The van der Waals surface area contributed by atoms with Crippen LogP contribution in [-0.4, -0.2) is 18.7 Å². The number of rotatable bonds is 6. The van der Waals surface area contributed by atoms with E-state index < -0.39 is 18.1 Å². The van der Waals surface area contributed by atoms with Gasteiger partial charge in [0.15, 0.2) is 0 Å². The van der Waals surface area contributed by atoms with Gasteiger partial charge in [0.1, 0.15) is 6.61 Å². The molecule has 0 radical (unpaired) electrons.